The molecule has 0 amide bonds. The molecule has 8 nitrogen and oxygen atoms in total. The fourth-order valence-corrected chi connectivity index (χ4v) is 4.59. The van der Waals surface area contributed by atoms with Crippen molar-refractivity contribution in [2.75, 3.05) is 7.11 Å². The molecule has 6 aromatic rings. The van der Waals surface area contributed by atoms with Crippen LogP contribution in [0.5, 0.6) is 5.75 Å². The lowest BCUT2D eigenvalue weighted by atomic mass is 10.0. The van der Waals surface area contributed by atoms with Crippen molar-refractivity contribution in [3.05, 3.63) is 60.4 Å². The van der Waals surface area contributed by atoms with Gasteiger partial charge in [0.05, 0.1) is 34.8 Å². The van der Waals surface area contributed by atoms with Crippen molar-refractivity contribution < 1.29 is 9.26 Å². The Kier molecular flexibility index (Phi) is 3.86. The van der Waals surface area contributed by atoms with Gasteiger partial charge in [0.1, 0.15) is 11.5 Å². The van der Waals surface area contributed by atoms with Gasteiger partial charge in [0.25, 0.3) is 0 Å². The Labute approximate surface area is 183 Å². The molecule has 0 radical (unpaired) electrons. The van der Waals surface area contributed by atoms with E-state index in [1.54, 1.807) is 19.5 Å². The molecule has 1 aromatic carbocycles. The molecule has 0 bridgehead atoms. The largest absolute Gasteiger partial charge is 0.496 e. The molecule has 158 valence electrons. The van der Waals surface area contributed by atoms with Gasteiger partial charge in [-0.3, -0.25) is 9.55 Å². The van der Waals surface area contributed by atoms with Gasteiger partial charge < -0.3 is 9.26 Å². The van der Waals surface area contributed by atoms with Gasteiger partial charge in [-0.15, -0.1) is 0 Å². The van der Waals surface area contributed by atoms with Gasteiger partial charge in [0.2, 0.25) is 0 Å². The second-order valence-corrected chi connectivity index (χ2v) is 7.82. The molecule has 8 heteroatoms. The van der Waals surface area contributed by atoms with Crippen LogP contribution in [-0.2, 0) is 7.05 Å². The number of aryl methyl sites for hydroxylation is 3. The lowest BCUT2D eigenvalue weighted by molar-refractivity contribution is 0.393. The topological polar surface area (TPSA) is 83.8 Å². The fourth-order valence-electron chi connectivity index (χ4n) is 4.59. The van der Waals surface area contributed by atoms with E-state index in [2.05, 4.69) is 31.8 Å². The van der Waals surface area contributed by atoms with Crippen molar-refractivity contribution in [1.29, 1.82) is 0 Å². The third-order valence-corrected chi connectivity index (χ3v) is 5.98. The van der Waals surface area contributed by atoms with E-state index in [-0.39, 0.29) is 0 Å². The lowest BCUT2D eigenvalue weighted by Crippen LogP contribution is -1.98. The lowest BCUT2D eigenvalue weighted by Gasteiger charge is -2.11. The average Bonchev–Trinajstić information content (AvgIpc) is 3.43. The van der Waals surface area contributed by atoms with Crippen LogP contribution in [0.3, 0.4) is 0 Å². The number of rotatable bonds is 3. The van der Waals surface area contributed by atoms with Crippen molar-refractivity contribution in [2.45, 2.75) is 13.8 Å². The van der Waals surface area contributed by atoms with Crippen LogP contribution in [-0.4, -0.2) is 36.6 Å². The Balaban J connectivity index is 1.79. The molecular weight excluding hydrogens is 404 g/mol. The number of hydrogen-bond acceptors (Lipinski definition) is 6. The van der Waals surface area contributed by atoms with Crippen molar-refractivity contribution in [2.24, 2.45) is 7.05 Å². The molecule has 0 aliphatic carbocycles. The number of fused-ring (bicyclic) bond motifs is 4. The molecule has 0 aliphatic heterocycles. The Morgan fingerprint density at radius 3 is 2.66 bits per heavy atom. The molecule has 0 unspecified atom stereocenters. The summed E-state index contributed by atoms with van der Waals surface area (Å²) in [4.78, 5) is 8.89. The first kappa shape index (κ1) is 18.6. The summed E-state index contributed by atoms with van der Waals surface area (Å²) >= 11 is 0. The smallest absolute Gasteiger partial charge is 0.169 e. The zero-order valence-electron chi connectivity index (χ0n) is 18.1. The highest BCUT2D eigenvalue weighted by Crippen LogP contribution is 2.42. The van der Waals surface area contributed by atoms with E-state index in [9.17, 15) is 0 Å². The summed E-state index contributed by atoms with van der Waals surface area (Å²) in [5, 5.41) is 12.0. The van der Waals surface area contributed by atoms with Crippen molar-refractivity contribution in [3.8, 4) is 22.7 Å². The standard InChI is InChI=1S/C24H20N6O2/c1-13-22(14(2)32-28-13)17-10-20-16(11-21(17)31-4)18-12-25-9-7-19(18)30(20)24-15-6-5-8-26-23(15)29(3)27-24/h5-12H,1-4H3. The van der Waals surface area contributed by atoms with E-state index in [0.29, 0.717) is 0 Å². The minimum absolute atomic E-state index is 0.747. The molecule has 5 aromatic heterocycles. The molecule has 0 N–H and O–H groups in total. The van der Waals surface area contributed by atoms with E-state index < -0.39 is 0 Å². The monoisotopic (exact) mass is 424 g/mol. The number of methoxy groups -OCH3 is 1. The van der Waals surface area contributed by atoms with Crippen LogP contribution in [0.25, 0.3) is 49.8 Å². The number of hydrogen-bond donors (Lipinski definition) is 0. The van der Waals surface area contributed by atoms with Crippen LogP contribution < -0.4 is 4.74 Å². The number of benzene rings is 1. The first-order chi connectivity index (χ1) is 15.6. The Bertz CT molecular complexity index is 1640. The minimum Gasteiger partial charge on any atom is -0.496 e. The molecule has 5 heterocycles. The third kappa shape index (κ3) is 2.43. The fraction of sp³-hybridized carbons (Fsp3) is 0.167. The predicted octanol–water partition coefficient (Wildman–Crippen LogP) is 4.74. The molecule has 32 heavy (non-hydrogen) atoms. The molecule has 0 fully saturated rings. The SMILES string of the molecule is COc1cc2c3cnccc3n(-c3nn(C)c4ncccc34)c2cc1-c1c(C)noc1C. The third-order valence-electron chi connectivity index (χ3n) is 5.98. The molecular formula is C24H20N6O2. The highest BCUT2D eigenvalue weighted by Gasteiger charge is 2.22. The Morgan fingerprint density at radius 2 is 1.88 bits per heavy atom. The highest BCUT2D eigenvalue weighted by atomic mass is 16.5. The van der Waals surface area contributed by atoms with Gasteiger partial charge >= 0.3 is 0 Å². The summed E-state index contributed by atoms with van der Waals surface area (Å²) in [5.74, 6) is 2.32. The van der Waals surface area contributed by atoms with Crippen molar-refractivity contribution in [3.63, 3.8) is 0 Å². The van der Waals surface area contributed by atoms with Gasteiger partial charge in [-0.25, -0.2) is 9.67 Å². The van der Waals surface area contributed by atoms with E-state index in [4.69, 9.17) is 14.4 Å². The maximum absolute atomic E-state index is 5.80. The van der Waals surface area contributed by atoms with E-state index >= 15 is 0 Å². The molecule has 0 saturated heterocycles. The summed E-state index contributed by atoms with van der Waals surface area (Å²) in [6.45, 7) is 3.85. The van der Waals surface area contributed by atoms with Gasteiger partial charge in [0, 0.05) is 42.0 Å². The molecule has 0 spiro atoms. The van der Waals surface area contributed by atoms with Gasteiger partial charge in [0.15, 0.2) is 11.5 Å². The second-order valence-electron chi connectivity index (χ2n) is 7.82. The second kappa shape index (κ2) is 6.65. The van der Waals surface area contributed by atoms with Crippen LogP contribution in [0.15, 0.2) is 53.4 Å². The minimum atomic E-state index is 0.747. The zero-order chi connectivity index (χ0) is 22.0. The van der Waals surface area contributed by atoms with Crippen LogP contribution in [0.4, 0.5) is 0 Å². The Hall–Kier alpha value is -4.20. The van der Waals surface area contributed by atoms with Gasteiger partial charge in [-0.2, -0.15) is 5.10 Å². The number of aromatic nitrogens is 6. The molecule has 0 atom stereocenters. The van der Waals surface area contributed by atoms with Crippen LogP contribution in [0.2, 0.25) is 0 Å². The van der Waals surface area contributed by atoms with Gasteiger partial charge in [-0.05, 0) is 44.2 Å². The summed E-state index contributed by atoms with van der Waals surface area (Å²) < 4.78 is 15.2. The number of ether oxygens (including phenoxy) is 1. The average molecular weight is 424 g/mol. The quantitative estimate of drug-likeness (QED) is 0.408. The maximum Gasteiger partial charge on any atom is 0.169 e. The zero-order valence-corrected chi connectivity index (χ0v) is 18.1. The first-order valence-electron chi connectivity index (χ1n) is 10.3. The summed E-state index contributed by atoms with van der Waals surface area (Å²) in [6, 6.07) is 10.2. The number of pyridine rings is 2. The summed E-state index contributed by atoms with van der Waals surface area (Å²) in [7, 11) is 3.59. The van der Waals surface area contributed by atoms with Crippen LogP contribution in [0.1, 0.15) is 11.5 Å². The van der Waals surface area contributed by atoms with Gasteiger partial charge in [-0.1, -0.05) is 5.16 Å². The highest BCUT2D eigenvalue weighted by molar-refractivity contribution is 6.11. The van der Waals surface area contributed by atoms with Crippen molar-refractivity contribution in [1.82, 2.24) is 29.5 Å². The molecule has 0 saturated carbocycles. The van der Waals surface area contributed by atoms with E-state index in [1.165, 1.54) is 0 Å². The van der Waals surface area contributed by atoms with Crippen LogP contribution in [0, 0.1) is 13.8 Å². The Morgan fingerprint density at radius 1 is 1.00 bits per heavy atom. The number of nitrogens with zero attached hydrogens (tertiary/aromatic N) is 6. The molecule has 6 rings (SSSR count). The van der Waals surface area contributed by atoms with Crippen LogP contribution >= 0.6 is 0 Å². The maximum atomic E-state index is 5.80. The van der Waals surface area contributed by atoms with Crippen molar-refractivity contribution >= 4 is 32.8 Å². The van der Waals surface area contributed by atoms with E-state index in [1.807, 2.05) is 50.0 Å². The summed E-state index contributed by atoms with van der Waals surface area (Å²) in [6.07, 6.45) is 5.46. The molecule has 0 aliphatic rings. The predicted molar refractivity (Wildman–Crippen MR) is 122 cm³/mol. The normalized spacial score (nSPS) is 11.8. The first-order valence-corrected chi connectivity index (χ1v) is 10.3. The summed E-state index contributed by atoms with van der Waals surface area (Å²) in [5.41, 5.74) is 5.50. The van der Waals surface area contributed by atoms with E-state index in [0.717, 1.165) is 67.0 Å².